The van der Waals surface area contributed by atoms with Crippen LogP contribution in [0.5, 0.6) is 0 Å². The van der Waals surface area contributed by atoms with Gasteiger partial charge in [-0.15, -0.1) is 0 Å². The molecule has 0 radical (unpaired) electrons. The molecule has 5 nitrogen and oxygen atoms in total. The smallest absolute Gasteiger partial charge is 0.273 e. The highest BCUT2D eigenvalue weighted by Crippen LogP contribution is 2.24. The van der Waals surface area contributed by atoms with Gasteiger partial charge in [-0.2, -0.15) is 0 Å². The summed E-state index contributed by atoms with van der Waals surface area (Å²) in [6.07, 6.45) is 3.70. The average Bonchev–Trinajstić information content (AvgIpc) is 2.80. The van der Waals surface area contributed by atoms with Crippen molar-refractivity contribution in [1.82, 2.24) is 15.8 Å². The number of carbonyl (C=O) groups is 1. The van der Waals surface area contributed by atoms with E-state index in [1.165, 1.54) is 6.26 Å². The van der Waals surface area contributed by atoms with Crippen LogP contribution in [-0.2, 0) is 0 Å². The van der Waals surface area contributed by atoms with Crippen LogP contribution < -0.4 is 10.6 Å². The fraction of sp³-hybridized carbons (Fsp3) is 0.636. The topological polar surface area (TPSA) is 67.2 Å². The summed E-state index contributed by atoms with van der Waals surface area (Å²) in [5, 5.41) is 9.84. The molecule has 1 unspecified atom stereocenters. The average molecular weight is 223 g/mol. The van der Waals surface area contributed by atoms with E-state index in [0.29, 0.717) is 12.2 Å². The third-order valence-electron chi connectivity index (χ3n) is 3.03. The number of hydrogen-bond acceptors (Lipinski definition) is 4. The summed E-state index contributed by atoms with van der Waals surface area (Å²) in [6, 6.07) is 1.57. The molecule has 16 heavy (non-hydrogen) atoms. The van der Waals surface area contributed by atoms with Gasteiger partial charge < -0.3 is 15.2 Å². The Hall–Kier alpha value is -1.36. The maximum Gasteiger partial charge on any atom is 0.273 e. The first-order valence-electron chi connectivity index (χ1n) is 5.59. The summed E-state index contributed by atoms with van der Waals surface area (Å²) >= 11 is 0. The Morgan fingerprint density at radius 3 is 3.25 bits per heavy atom. The molecule has 0 spiro atoms. The van der Waals surface area contributed by atoms with Crippen molar-refractivity contribution in [1.29, 1.82) is 0 Å². The van der Waals surface area contributed by atoms with Crippen LogP contribution in [0.2, 0.25) is 0 Å². The number of amides is 1. The lowest BCUT2D eigenvalue weighted by atomic mass is 9.83. The molecular weight excluding hydrogens is 206 g/mol. The number of carbonyl (C=O) groups excluding carboxylic acids is 1. The monoisotopic (exact) mass is 223 g/mol. The Bertz CT molecular complexity index is 342. The number of nitrogens with zero attached hydrogens (tertiary/aromatic N) is 1. The van der Waals surface area contributed by atoms with E-state index in [0.717, 1.165) is 25.9 Å². The number of nitrogens with one attached hydrogen (secondary N) is 2. The first kappa shape index (κ1) is 11.1. The molecule has 2 rings (SSSR count). The molecule has 1 aromatic heterocycles. The quantitative estimate of drug-likeness (QED) is 0.795. The van der Waals surface area contributed by atoms with Crippen LogP contribution in [-0.4, -0.2) is 30.7 Å². The van der Waals surface area contributed by atoms with Crippen molar-refractivity contribution in [2.24, 2.45) is 5.41 Å². The van der Waals surface area contributed by atoms with Gasteiger partial charge >= 0.3 is 0 Å². The molecule has 1 aliphatic rings. The van der Waals surface area contributed by atoms with Crippen LogP contribution in [0.15, 0.2) is 16.9 Å². The summed E-state index contributed by atoms with van der Waals surface area (Å²) in [4.78, 5) is 11.6. The Morgan fingerprint density at radius 1 is 1.75 bits per heavy atom. The van der Waals surface area contributed by atoms with Crippen molar-refractivity contribution in [3.63, 3.8) is 0 Å². The minimum atomic E-state index is -0.166. The molecule has 0 aromatic carbocycles. The number of rotatable bonds is 3. The summed E-state index contributed by atoms with van der Waals surface area (Å²) in [6.45, 7) is 4.88. The molecule has 2 heterocycles. The highest BCUT2D eigenvalue weighted by atomic mass is 16.5. The van der Waals surface area contributed by atoms with Gasteiger partial charge in [-0.25, -0.2) is 0 Å². The van der Waals surface area contributed by atoms with Crippen LogP contribution >= 0.6 is 0 Å². The van der Waals surface area contributed by atoms with Crippen molar-refractivity contribution in [2.45, 2.75) is 19.8 Å². The summed E-state index contributed by atoms with van der Waals surface area (Å²) in [7, 11) is 0. The fourth-order valence-corrected chi connectivity index (χ4v) is 1.98. The highest BCUT2D eigenvalue weighted by molar-refractivity contribution is 5.91. The Morgan fingerprint density at radius 2 is 2.62 bits per heavy atom. The van der Waals surface area contributed by atoms with E-state index < -0.39 is 0 Å². The van der Waals surface area contributed by atoms with Gasteiger partial charge in [0.25, 0.3) is 5.91 Å². The SMILES string of the molecule is CC1(CNC(=O)c2ccon2)CCCNC1. The second-order valence-electron chi connectivity index (χ2n) is 4.66. The zero-order valence-corrected chi connectivity index (χ0v) is 9.45. The summed E-state index contributed by atoms with van der Waals surface area (Å²) in [5.74, 6) is -0.166. The van der Waals surface area contributed by atoms with Gasteiger partial charge in [-0.3, -0.25) is 4.79 Å². The maximum absolute atomic E-state index is 11.6. The lowest BCUT2D eigenvalue weighted by molar-refractivity contribution is 0.0915. The second-order valence-corrected chi connectivity index (χ2v) is 4.66. The molecule has 1 aromatic rings. The normalized spacial score (nSPS) is 25.3. The van der Waals surface area contributed by atoms with E-state index in [1.54, 1.807) is 6.07 Å². The van der Waals surface area contributed by atoms with E-state index >= 15 is 0 Å². The molecule has 0 saturated carbocycles. The lowest BCUT2D eigenvalue weighted by Crippen LogP contribution is -2.45. The predicted molar refractivity (Wildman–Crippen MR) is 59.0 cm³/mol. The molecule has 1 saturated heterocycles. The van der Waals surface area contributed by atoms with Gasteiger partial charge in [0.2, 0.25) is 0 Å². The highest BCUT2D eigenvalue weighted by Gasteiger charge is 2.27. The van der Waals surface area contributed by atoms with E-state index in [-0.39, 0.29) is 11.3 Å². The third kappa shape index (κ3) is 2.61. The van der Waals surface area contributed by atoms with E-state index in [4.69, 9.17) is 0 Å². The van der Waals surface area contributed by atoms with Crippen LogP contribution in [0.3, 0.4) is 0 Å². The zero-order valence-electron chi connectivity index (χ0n) is 9.45. The van der Waals surface area contributed by atoms with Gasteiger partial charge in [-0.05, 0) is 24.8 Å². The molecule has 0 aliphatic carbocycles. The Labute approximate surface area is 94.6 Å². The van der Waals surface area contributed by atoms with Crippen LogP contribution in [0.4, 0.5) is 0 Å². The van der Waals surface area contributed by atoms with Crippen molar-refractivity contribution in [3.05, 3.63) is 18.0 Å². The van der Waals surface area contributed by atoms with Crippen molar-refractivity contribution >= 4 is 5.91 Å². The van der Waals surface area contributed by atoms with Gasteiger partial charge in [0, 0.05) is 19.2 Å². The minimum absolute atomic E-state index is 0.150. The lowest BCUT2D eigenvalue weighted by Gasteiger charge is -2.34. The van der Waals surface area contributed by atoms with Gasteiger partial charge in [-0.1, -0.05) is 12.1 Å². The van der Waals surface area contributed by atoms with E-state index in [1.807, 2.05) is 0 Å². The molecule has 5 heteroatoms. The van der Waals surface area contributed by atoms with Crippen LogP contribution in [0.1, 0.15) is 30.3 Å². The zero-order chi connectivity index (χ0) is 11.4. The summed E-state index contributed by atoms with van der Waals surface area (Å²) in [5.41, 5.74) is 0.491. The maximum atomic E-state index is 11.6. The molecular formula is C11H17N3O2. The molecule has 1 aliphatic heterocycles. The number of hydrogen-bond donors (Lipinski definition) is 2. The molecule has 88 valence electrons. The molecule has 1 amide bonds. The van der Waals surface area contributed by atoms with Crippen LogP contribution in [0.25, 0.3) is 0 Å². The standard InChI is InChI=1S/C11H17N3O2/c1-11(4-2-5-12-7-11)8-13-10(15)9-3-6-16-14-9/h3,6,12H,2,4-5,7-8H2,1H3,(H,13,15). The van der Waals surface area contributed by atoms with Gasteiger partial charge in [0.05, 0.1) is 0 Å². The molecule has 0 bridgehead atoms. The van der Waals surface area contributed by atoms with Crippen LogP contribution in [0, 0.1) is 5.41 Å². The van der Waals surface area contributed by atoms with Gasteiger partial charge in [0.1, 0.15) is 6.26 Å². The third-order valence-corrected chi connectivity index (χ3v) is 3.03. The van der Waals surface area contributed by atoms with Crippen molar-refractivity contribution < 1.29 is 9.32 Å². The largest absolute Gasteiger partial charge is 0.364 e. The summed E-state index contributed by atoms with van der Waals surface area (Å²) < 4.78 is 4.63. The molecule has 1 fully saturated rings. The molecule has 2 N–H and O–H groups in total. The van der Waals surface area contributed by atoms with E-state index in [2.05, 4.69) is 27.2 Å². The Kier molecular flexibility index (Phi) is 3.24. The van der Waals surface area contributed by atoms with E-state index in [9.17, 15) is 4.79 Å². The minimum Gasteiger partial charge on any atom is -0.364 e. The van der Waals surface area contributed by atoms with Gasteiger partial charge in [0.15, 0.2) is 5.69 Å². The number of piperidine rings is 1. The predicted octanol–water partition coefficient (Wildman–Crippen LogP) is 0.794. The van der Waals surface area contributed by atoms with Crippen molar-refractivity contribution in [3.8, 4) is 0 Å². The Balaban J connectivity index is 1.84. The fourth-order valence-electron chi connectivity index (χ4n) is 1.98. The van der Waals surface area contributed by atoms with Crippen molar-refractivity contribution in [2.75, 3.05) is 19.6 Å². The molecule has 1 atom stereocenters. The first-order chi connectivity index (χ1) is 7.70. The first-order valence-corrected chi connectivity index (χ1v) is 5.59. The number of aromatic nitrogens is 1. The second kappa shape index (κ2) is 4.65.